The molecule has 1 aromatic carbocycles. The first-order valence-electron chi connectivity index (χ1n) is 5.45. The van der Waals surface area contributed by atoms with Crippen LogP contribution in [0.3, 0.4) is 0 Å². The lowest BCUT2D eigenvalue weighted by Gasteiger charge is -2.18. The second kappa shape index (κ2) is 5.68. The predicted molar refractivity (Wildman–Crippen MR) is 64.1 cm³/mol. The number of esters is 1. The number of carbonyl (C=O) groups is 1. The Balaban J connectivity index is 3.24. The fourth-order valence-corrected chi connectivity index (χ4v) is 1.72. The summed E-state index contributed by atoms with van der Waals surface area (Å²) >= 11 is 0. The molecule has 94 valence electrons. The number of hydrogen-bond acceptors (Lipinski definition) is 4. The van der Waals surface area contributed by atoms with Gasteiger partial charge in [-0.05, 0) is 11.5 Å². The van der Waals surface area contributed by atoms with E-state index >= 15 is 0 Å². The summed E-state index contributed by atoms with van der Waals surface area (Å²) in [5.74, 6) is 0.0966. The molecule has 0 aliphatic rings. The molecule has 1 aromatic rings. The summed E-state index contributed by atoms with van der Waals surface area (Å²) in [5, 5.41) is 9.85. The third kappa shape index (κ3) is 2.77. The van der Waals surface area contributed by atoms with Gasteiger partial charge in [-0.2, -0.15) is 0 Å². The molecule has 0 spiro atoms. The Morgan fingerprint density at radius 2 is 1.82 bits per heavy atom. The van der Waals surface area contributed by atoms with E-state index in [1.54, 1.807) is 12.1 Å². The number of aliphatic hydroxyl groups excluding tert-OH is 1. The fourth-order valence-electron chi connectivity index (χ4n) is 1.72. The van der Waals surface area contributed by atoms with Gasteiger partial charge in [-0.3, -0.25) is 0 Å². The molecule has 0 aliphatic carbocycles. The summed E-state index contributed by atoms with van der Waals surface area (Å²) in [6.45, 7) is 4.04. The molecule has 0 bridgehead atoms. The quantitative estimate of drug-likeness (QED) is 0.815. The van der Waals surface area contributed by atoms with Crippen LogP contribution in [-0.4, -0.2) is 25.3 Å². The van der Waals surface area contributed by atoms with Crippen LogP contribution in [0.1, 0.15) is 37.0 Å². The van der Waals surface area contributed by atoms with Crippen LogP contribution >= 0.6 is 0 Å². The largest absolute Gasteiger partial charge is 0.496 e. The van der Waals surface area contributed by atoms with E-state index in [0.29, 0.717) is 11.3 Å². The molecule has 1 atom stereocenters. The van der Waals surface area contributed by atoms with Gasteiger partial charge in [-0.1, -0.05) is 32.0 Å². The number of ether oxygens (including phenoxy) is 2. The molecule has 17 heavy (non-hydrogen) atoms. The second-order valence-electron chi connectivity index (χ2n) is 4.05. The van der Waals surface area contributed by atoms with Crippen molar-refractivity contribution in [1.82, 2.24) is 0 Å². The van der Waals surface area contributed by atoms with Crippen molar-refractivity contribution in [3.05, 3.63) is 29.3 Å². The molecule has 0 heterocycles. The number of para-hydroxylation sites is 1. The van der Waals surface area contributed by atoms with E-state index in [1.165, 1.54) is 14.2 Å². The van der Waals surface area contributed by atoms with Crippen molar-refractivity contribution in [2.75, 3.05) is 14.2 Å². The Morgan fingerprint density at radius 3 is 2.29 bits per heavy atom. The van der Waals surface area contributed by atoms with Crippen molar-refractivity contribution >= 4 is 5.97 Å². The van der Waals surface area contributed by atoms with Crippen molar-refractivity contribution in [3.8, 4) is 5.75 Å². The summed E-state index contributed by atoms with van der Waals surface area (Å²) in [4.78, 5) is 11.3. The molecule has 1 unspecified atom stereocenters. The highest BCUT2D eigenvalue weighted by atomic mass is 16.5. The normalized spacial score (nSPS) is 12.4. The number of aliphatic hydroxyl groups is 1. The Labute approximate surface area is 101 Å². The Bertz CT molecular complexity index is 398. The lowest BCUT2D eigenvalue weighted by molar-refractivity contribution is -0.150. The standard InChI is InChI=1S/C13H18O4/c1-8(2)9-6-5-7-10(12(9)16-3)11(14)13(15)17-4/h5-8,11,14H,1-4H3. The second-order valence-corrected chi connectivity index (χ2v) is 4.05. The number of hydrogen-bond donors (Lipinski definition) is 1. The van der Waals surface area contributed by atoms with Gasteiger partial charge in [0, 0.05) is 5.56 Å². The van der Waals surface area contributed by atoms with Crippen LogP contribution < -0.4 is 4.74 Å². The smallest absolute Gasteiger partial charge is 0.339 e. The molecule has 4 heteroatoms. The van der Waals surface area contributed by atoms with Crippen LogP contribution in [0.25, 0.3) is 0 Å². The van der Waals surface area contributed by atoms with Gasteiger partial charge in [0.2, 0.25) is 0 Å². The Hall–Kier alpha value is -1.55. The van der Waals surface area contributed by atoms with Crippen LogP contribution in [0.5, 0.6) is 5.75 Å². The minimum atomic E-state index is -1.31. The number of methoxy groups -OCH3 is 2. The van der Waals surface area contributed by atoms with E-state index in [-0.39, 0.29) is 5.92 Å². The lowest BCUT2D eigenvalue weighted by atomic mass is 9.97. The van der Waals surface area contributed by atoms with Gasteiger partial charge in [0.1, 0.15) is 5.75 Å². The van der Waals surface area contributed by atoms with Gasteiger partial charge < -0.3 is 14.6 Å². The highest BCUT2D eigenvalue weighted by Crippen LogP contribution is 2.33. The number of rotatable bonds is 4. The first-order chi connectivity index (χ1) is 8.02. The molecule has 0 fully saturated rings. The van der Waals surface area contributed by atoms with E-state index in [4.69, 9.17) is 4.74 Å². The van der Waals surface area contributed by atoms with Crippen LogP contribution in [0.15, 0.2) is 18.2 Å². The van der Waals surface area contributed by atoms with Crippen molar-refractivity contribution in [3.63, 3.8) is 0 Å². The van der Waals surface area contributed by atoms with Crippen LogP contribution in [0.4, 0.5) is 0 Å². The zero-order chi connectivity index (χ0) is 13.0. The van der Waals surface area contributed by atoms with E-state index < -0.39 is 12.1 Å². The molecule has 1 rings (SSSR count). The van der Waals surface area contributed by atoms with Gasteiger partial charge in [0.25, 0.3) is 0 Å². The zero-order valence-electron chi connectivity index (χ0n) is 10.6. The summed E-state index contributed by atoms with van der Waals surface area (Å²) in [6, 6.07) is 5.36. The maximum Gasteiger partial charge on any atom is 0.339 e. The molecule has 0 saturated carbocycles. The van der Waals surface area contributed by atoms with Crippen molar-refractivity contribution in [1.29, 1.82) is 0 Å². The topological polar surface area (TPSA) is 55.8 Å². The summed E-state index contributed by atoms with van der Waals surface area (Å²) in [5.41, 5.74) is 1.39. The van der Waals surface area contributed by atoms with Gasteiger partial charge in [-0.25, -0.2) is 4.79 Å². The van der Waals surface area contributed by atoms with Gasteiger partial charge >= 0.3 is 5.97 Å². The van der Waals surface area contributed by atoms with Crippen LogP contribution in [0.2, 0.25) is 0 Å². The van der Waals surface area contributed by atoms with Gasteiger partial charge in [0.15, 0.2) is 6.10 Å². The highest BCUT2D eigenvalue weighted by molar-refractivity contribution is 5.77. The first-order valence-corrected chi connectivity index (χ1v) is 5.45. The predicted octanol–water partition coefficient (Wildman–Crippen LogP) is 2.02. The molecule has 4 nitrogen and oxygen atoms in total. The summed E-state index contributed by atoms with van der Waals surface area (Å²) in [6.07, 6.45) is -1.31. The first kappa shape index (κ1) is 13.5. The van der Waals surface area contributed by atoms with Crippen LogP contribution in [0, 0.1) is 0 Å². The molecule has 0 aliphatic heterocycles. The van der Waals surface area contributed by atoms with Crippen molar-refractivity contribution in [2.45, 2.75) is 25.9 Å². The van der Waals surface area contributed by atoms with E-state index in [2.05, 4.69) is 4.74 Å². The average Bonchev–Trinajstić information content (AvgIpc) is 2.35. The number of carbonyl (C=O) groups excluding carboxylic acids is 1. The molecule has 0 saturated heterocycles. The molecular weight excluding hydrogens is 220 g/mol. The summed E-state index contributed by atoms with van der Waals surface area (Å²) < 4.78 is 9.81. The minimum Gasteiger partial charge on any atom is -0.496 e. The van der Waals surface area contributed by atoms with E-state index in [9.17, 15) is 9.90 Å². The lowest BCUT2D eigenvalue weighted by Crippen LogP contribution is -2.15. The van der Waals surface area contributed by atoms with Crippen LogP contribution in [-0.2, 0) is 9.53 Å². The molecule has 1 N–H and O–H groups in total. The Morgan fingerprint density at radius 1 is 1.24 bits per heavy atom. The summed E-state index contributed by atoms with van der Waals surface area (Å²) in [7, 11) is 2.76. The highest BCUT2D eigenvalue weighted by Gasteiger charge is 2.23. The minimum absolute atomic E-state index is 0.245. The SMILES string of the molecule is COC(=O)C(O)c1cccc(C(C)C)c1OC. The van der Waals surface area contributed by atoms with Gasteiger partial charge in [0.05, 0.1) is 14.2 Å². The number of benzene rings is 1. The molecular formula is C13H18O4. The Kier molecular flexibility index (Phi) is 4.52. The maximum absolute atomic E-state index is 11.3. The fraction of sp³-hybridized carbons (Fsp3) is 0.462. The third-order valence-corrected chi connectivity index (χ3v) is 2.62. The zero-order valence-corrected chi connectivity index (χ0v) is 10.6. The molecule has 0 radical (unpaired) electrons. The molecule has 0 amide bonds. The average molecular weight is 238 g/mol. The van der Waals surface area contributed by atoms with Crippen molar-refractivity contribution < 1.29 is 19.4 Å². The van der Waals surface area contributed by atoms with Gasteiger partial charge in [-0.15, -0.1) is 0 Å². The molecule has 0 aromatic heterocycles. The van der Waals surface area contributed by atoms with E-state index in [0.717, 1.165) is 5.56 Å². The third-order valence-electron chi connectivity index (χ3n) is 2.62. The van der Waals surface area contributed by atoms with Crippen molar-refractivity contribution in [2.24, 2.45) is 0 Å². The maximum atomic E-state index is 11.3. The van der Waals surface area contributed by atoms with E-state index in [1.807, 2.05) is 19.9 Å². The monoisotopic (exact) mass is 238 g/mol.